The second kappa shape index (κ2) is 5.17. The molecule has 1 heterocycles. The molecule has 0 aromatic heterocycles. The summed E-state index contributed by atoms with van der Waals surface area (Å²) in [4.78, 5) is 11.3. The van der Waals surface area contributed by atoms with Crippen molar-refractivity contribution in [3.05, 3.63) is 46.6 Å². The summed E-state index contributed by atoms with van der Waals surface area (Å²) < 4.78 is 5.66. The predicted molar refractivity (Wildman–Crippen MR) is 74.6 cm³/mol. The van der Waals surface area contributed by atoms with Crippen molar-refractivity contribution in [3.8, 4) is 0 Å². The number of nitrogens with one attached hydrogen (secondary N) is 1. The highest BCUT2D eigenvalue weighted by molar-refractivity contribution is 5.75. The highest BCUT2D eigenvalue weighted by atomic mass is 16.5. The van der Waals surface area contributed by atoms with Gasteiger partial charge in [0.05, 0.1) is 6.61 Å². The van der Waals surface area contributed by atoms with E-state index in [2.05, 4.69) is 29.6 Å². The van der Waals surface area contributed by atoms with E-state index >= 15 is 0 Å². The molecule has 2 aliphatic carbocycles. The van der Waals surface area contributed by atoms with Crippen LogP contribution in [0.3, 0.4) is 0 Å². The number of fused-ring (bicyclic) bond motifs is 2. The van der Waals surface area contributed by atoms with Gasteiger partial charge in [-0.15, -0.1) is 0 Å². The lowest BCUT2D eigenvalue weighted by atomic mass is 9.88. The van der Waals surface area contributed by atoms with Crippen LogP contribution >= 0.6 is 0 Å². The average molecular weight is 257 g/mol. The van der Waals surface area contributed by atoms with E-state index in [0.29, 0.717) is 13.0 Å². The third-order valence-electron chi connectivity index (χ3n) is 3.89. The van der Waals surface area contributed by atoms with Crippen LogP contribution in [0.25, 0.3) is 0 Å². The van der Waals surface area contributed by atoms with E-state index in [9.17, 15) is 4.79 Å². The normalized spacial score (nSPS) is 23.9. The standard InChI is InChI=1S/C16H19NO2/c1-2-15(18)17-9-7-12-4-3-11-5-6-14-13(16(11)12)8-10-19-14/h4-6,8,14H,2-3,7,9-10H2,1H3,(H,17,18). The summed E-state index contributed by atoms with van der Waals surface area (Å²) in [5.74, 6) is 0.123. The zero-order valence-corrected chi connectivity index (χ0v) is 11.2. The average Bonchev–Trinajstić information content (AvgIpc) is 3.03. The zero-order chi connectivity index (χ0) is 13.2. The van der Waals surface area contributed by atoms with Crippen molar-refractivity contribution in [2.24, 2.45) is 0 Å². The highest BCUT2D eigenvalue weighted by Gasteiger charge is 2.29. The Hall–Kier alpha value is -1.61. The molecule has 0 spiro atoms. The number of carbonyl (C=O) groups excluding carboxylic acids is 1. The van der Waals surface area contributed by atoms with Crippen LogP contribution in [-0.2, 0) is 9.53 Å². The smallest absolute Gasteiger partial charge is 0.219 e. The highest BCUT2D eigenvalue weighted by Crippen LogP contribution is 2.41. The molecule has 0 saturated carbocycles. The quantitative estimate of drug-likeness (QED) is 0.840. The van der Waals surface area contributed by atoms with Crippen molar-refractivity contribution in [2.75, 3.05) is 13.2 Å². The molecule has 0 saturated heterocycles. The Kier molecular flexibility index (Phi) is 3.38. The molecule has 1 atom stereocenters. The Morgan fingerprint density at radius 3 is 3.21 bits per heavy atom. The summed E-state index contributed by atoms with van der Waals surface area (Å²) in [5.41, 5.74) is 5.45. The molecule has 3 aliphatic rings. The van der Waals surface area contributed by atoms with E-state index in [1.807, 2.05) is 6.92 Å². The van der Waals surface area contributed by atoms with Gasteiger partial charge < -0.3 is 10.1 Å². The van der Waals surface area contributed by atoms with E-state index in [-0.39, 0.29) is 12.0 Å². The van der Waals surface area contributed by atoms with Gasteiger partial charge in [0, 0.05) is 13.0 Å². The number of amides is 1. The van der Waals surface area contributed by atoms with Crippen molar-refractivity contribution in [2.45, 2.75) is 32.3 Å². The van der Waals surface area contributed by atoms with E-state index in [0.717, 1.165) is 19.4 Å². The van der Waals surface area contributed by atoms with Crippen molar-refractivity contribution < 1.29 is 9.53 Å². The Morgan fingerprint density at radius 2 is 2.37 bits per heavy atom. The summed E-state index contributed by atoms with van der Waals surface area (Å²) in [7, 11) is 0. The minimum atomic E-state index is 0.123. The number of rotatable bonds is 4. The van der Waals surface area contributed by atoms with Gasteiger partial charge in [-0.2, -0.15) is 0 Å². The van der Waals surface area contributed by atoms with Gasteiger partial charge in [-0.25, -0.2) is 0 Å². The maximum atomic E-state index is 11.3. The lowest BCUT2D eigenvalue weighted by Crippen LogP contribution is -2.24. The van der Waals surface area contributed by atoms with Gasteiger partial charge in [-0.05, 0) is 35.1 Å². The zero-order valence-electron chi connectivity index (χ0n) is 11.2. The van der Waals surface area contributed by atoms with Crippen molar-refractivity contribution in [1.29, 1.82) is 0 Å². The first kappa shape index (κ1) is 12.4. The van der Waals surface area contributed by atoms with Gasteiger partial charge in [0.1, 0.15) is 6.10 Å². The molecular formula is C16H19NO2. The molecule has 1 amide bonds. The maximum absolute atomic E-state index is 11.3. The van der Waals surface area contributed by atoms with E-state index < -0.39 is 0 Å². The van der Waals surface area contributed by atoms with Gasteiger partial charge >= 0.3 is 0 Å². The predicted octanol–water partition coefficient (Wildman–Crippen LogP) is 2.42. The first-order chi connectivity index (χ1) is 9.29. The summed E-state index contributed by atoms with van der Waals surface area (Å²) >= 11 is 0. The van der Waals surface area contributed by atoms with Gasteiger partial charge in [0.15, 0.2) is 0 Å². The second-order valence-electron chi connectivity index (χ2n) is 5.06. The number of hydrogen-bond acceptors (Lipinski definition) is 2. The Bertz CT molecular complexity index is 523. The molecule has 0 aromatic carbocycles. The maximum Gasteiger partial charge on any atom is 0.219 e. The van der Waals surface area contributed by atoms with Crippen LogP contribution in [0.15, 0.2) is 46.6 Å². The van der Waals surface area contributed by atoms with Crippen LogP contribution in [0.2, 0.25) is 0 Å². The van der Waals surface area contributed by atoms with Crippen LogP contribution in [0, 0.1) is 0 Å². The summed E-state index contributed by atoms with van der Waals surface area (Å²) in [5, 5.41) is 2.94. The molecule has 100 valence electrons. The van der Waals surface area contributed by atoms with Crippen molar-refractivity contribution in [1.82, 2.24) is 5.32 Å². The minimum Gasteiger partial charge on any atom is -0.365 e. The Morgan fingerprint density at radius 1 is 1.47 bits per heavy atom. The SMILES string of the molecule is CCC(=O)NCCC1=CCC2=C1C1=CCOC1C=C2. The third-order valence-corrected chi connectivity index (χ3v) is 3.89. The summed E-state index contributed by atoms with van der Waals surface area (Å²) in [6, 6.07) is 0. The number of allylic oxidation sites excluding steroid dienone is 3. The van der Waals surface area contributed by atoms with Gasteiger partial charge in [0.25, 0.3) is 0 Å². The largest absolute Gasteiger partial charge is 0.365 e. The van der Waals surface area contributed by atoms with Gasteiger partial charge in [-0.3, -0.25) is 4.79 Å². The number of hydrogen-bond donors (Lipinski definition) is 1. The molecule has 3 heteroatoms. The van der Waals surface area contributed by atoms with Crippen LogP contribution in [0.5, 0.6) is 0 Å². The fourth-order valence-corrected chi connectivity index (χ4v) is 2.91. The van der Waals surface area contributed by atoms with Crippen LogP contribution in [-0.4, -0.2) is 25.2 Å². The fourth-order valence-electron chi connectivity index (χ4n) is 2.91. The Balaban J connectivity index is 1.69. The molecular weight excluding hydrogens is 238 g/mol. The molecule has 19 heavy (non-hydrogen) atoms. The topological polar surface area (TPSA) is 38.3 Å². The van der Waals surface area contributed by atoms with Crippen LogP contribution in [0.4, 0.5) is 0 Å². The molecule has 0 aromatic rings. The lowest BCUT2D eigenvalue weighted by molar-refractivity contribution is -0.120. The molecule has 0 radical (unpaired) electrons. The number of ether oxygens (including phenoxy) is 1. The summed E-state index contributed by atoms with van der Waals surface area (Å²) in [6.45, 7) is 3.31. The van der Waals surface area contributed by atoms with E-state index in [1.54, 1.807) is 0 Å². The van der Waals surface area contributed by atoms with Crippen molar-refractivity contribution in [3.63, 3.8) is 0 Å². The molecule has 1 unspecified atom stereocenters. The van der Waals surface area contributed by atoms with Gasteiger partial charge in [0.2, 0.25) is 5.91 Å². The van der Waals surface area contributed by atoms with Gasteiger partial charge in [-0.1, -0.05) is 31.2 Å². The monoisotopic (exact) mass is 257 g/mol. The number of carbonyl (C=O) groups is 1. The van der Waals surface area contributed by atoms with Crippen LogP contribution in [0.1, 0.15) is 26.2 Å². The molecule has 1 aliphatic heterocycles. The third kappa shape index (κ3) is 2.30. The fraction of sp³-hybridized carbons (Fsp3) is 0.438. The minimum absolute atomic E-state index is 0.123. The first-order valence-electron chi connectivity index (χ1n) is 6.99. The Labute approximate surface area is 113 Å². The summed E-state index contributed by atoms with van der Waals surface area (Å²) in [6.07, 6.45) is 11.4. The van der Waals surface area contributed by atoms with E-state index in [1.165, 1.54) is 22.3 Å². The van der Waals surface area contributed by atoms with Crippen molar-refractivity contribution >= 4 is 5.91 Å². The van der Waals surface area contributed by atoms with Crippen LogP contribution < -0.4 is 5.32 Å². The molecule has 0 bridgehead atoms. The van der Waals surface area contributed by atoms with E-state index in [4.69, 9.17) is 4.74 Å². The lowest BCUT2D eigenvalue weighted by Gasteiger charge is -2.20. The molecule has 3 rings (SSSR count). The second-order valence-corrected chi connectivity index (χ2v) is 5.06. The first-order valence-corrected chi connectivity index (χ1v) is 6.99. The molecule has 3 nitrogen and oxygen atoms in total. The molecule has 1 N–H and O–H groups in total. The molecule has 0 fully saturated rings.